The lowest BCUT2D eigenvalue weighted by Gasteiger charge is -2.10. The number of ketones is 1. The van der Waals surface area contributed by atoms with Crippen molar-refractivity contribution in [3.63, 3.8) is 0 Å². The van der Waals surface area contributed by atoms with Crippen LogP contribution < -0.4 is 5.56 Å². The Bertz CT molecular complexity index is 823. The number of ether oxygens (including phenoxy) is 1. The molecule has 0 aliphatic carbocycles. The maximum absolute atomic E-state index is 13.8. The fourth-order valence-electron chi connectivity index (χ4n) is 1.83. The molecule has 0 saturated carbocycles. The van der Waals surface area contributed by atoms with Crippen LogP contribution in [0.3, 0.4) is 0 Å². The molecule has 0 spiro atoms. The topological polar surface area (TPSA) is 78.3 Å². The summed E-state index contributed by atoms with van der Waals surface area (Å²) >= 11 is 5.70. The summed E-state index contributed by atoms with van der Waals surface area (Å²) in [5.41, 5.74) is -1.38. The van der Waals surface area contributed by atoms with Gasteiger partial charge in [-0.05, 0) is 12.1 Å². The van der Waals surface area contributed by atoms with Crippen LogP contribution in [0.1, 0.15) is 15.9 Å². The van der Waals surface area contributed by atoms with Crippen LogP contribution in [0.15, 0.2) is 29.5 Å². The summed E-state index contributed by atoms with van der Waals surface area (Å²) in [5, 5.41) is -0.460. The number of carbonyl (C=O) groups excluding carboxylic acids is 2. The zero-order chi connectivity index (χ0) is 17.0. The van der Waals surface area contributed by atoms with E-state index in [9.17, 15) is 23.2 Å². The van der Waals surface area contributed by atoms with Crippen LogP contribution in [0.5, 0.6) is 0 Å². The van der Waals surface area contributed by atoms with Gasteiger partial charge in [0.05, 0.1) is 17.9 Å². The lowest BCUT2D eigenvalue weighted by molar-refractivity contribution is -0.127. The average molecular weight is 343 g/mol. The minimum atomic E-state index is -0.837. The van der Waals surface area contributed by atoms with E-state index in [1.54, 1.807) is 0 Å². The second kappa shape index (κ2) is 7.10. The molecule has 6 nitrogen and oxygen atoms in total. The fourth-order valence-corrected chi connectivity index (χ4v) is 2.04. The number of carbonyl (C=O) groups is 2. The number of nitrogens with zero attached hydrogens (tertiary/aromatic N) is 2. The van der Waals surface area contributed by atoms with Crippen molar-refractivity contribution in [2.45, 2.75) is 6.54 Å². The van der Waals surface area contributed by atoms with Crippen LogP contribution in [0.4, 0.5) is 8.78 Å². The van der Waals surface area contributed by atoms with E-state index < -0.39 is 41.2 Å². The number of Topliss-reactive ketones (excluding diaryl/α,β-unsaturated/α-hetero) is 1. The minimum absolute atomic E-state index is 0.0642. The predicted molar refractivity (Wildman–Crippen MR) is 75.3 cm³/mol. The molecule has 0 saturated heterocycles. The Morgan fingerprint density at radius 3 is 2.74 bits per heavy atom. The van der Waals surface area contributed by atoms with Crippen LogP contribution in [0.2, 0.25) is 5.02 Å². The molecule has 0 unspecified atom stereocenters. The quantitative estimate of drug-likeness (QED) is 0.452. The maximum Gasteiger partial charge on any atom is 0.293 e. The van der Waals surface area contributed by atoms with Crippen molar-refractivity contribution < 1.29 is 23.1 Å². The number of hydrogen-bond donors (Lipinski definition) is 0. The van der Waals surface area contributed by atoms with Crippen molar-refractivity contribution in [1.82, 2.24) is 9.55 Å². The van der Waals surface area contributed by atoms with E-state index in [0.717, 1.165) is 29.2 Å². The van der Waals surface area contributed by atoms with Gasteiger partial charge in [0.15, 0.2) is 6.61 Å². The lowest BCUT2D eigenvalue weighted by atomic mass is 10.2. The van der Waals surface area contributed by atoms with E-state index in [1.165, 1.54) is 0 Å². The number of benzene rings is 1. The Labute approximate surface area is 133 Å². The third-order valence-corrected chi connectivity index (χ3v) is 3.36. The summed E-state index contributed by atoms with van der Waals surface area (Å²) in [4.78, 5) is 37.7. The summed E-state index contributed by atoms with van der Waals surface area (Å²) in [6.45, 7) is -0.974. The molecule has 9 heteroatoms. The molecule has 1 aromatic heterocycles. The lowest BCUT2D eigenvalue weighted by Crippen LogP contribution is -2.29. The Kier molecular flexibility index (Phi) is 5.17. The molecule has 0 amide bonds. The number of halogens is 3. The van der Waals surface area contributed by atoms with Crippen LogP contribution in [-0.4, -0.2) is 28.4 Å². The van der Waals surface area contributed by atoms with Crippen molar-refractivity contribution >= 4 is 23.9 Å². The Hall–Kier alpha value is -2.61. The van der Waals surface area contributed by atoms with E-state index in [-0.39, 0.29) is 17.6 Å². The molecule has 2 rings (SSSR count). The zero-order valence-electron chi connectivity index (χ0n) is 11.5. The standard InChI is InChI=1S/C14H9ClF2N2O4/c15-13-9(10(16)1-2-11(13)17)4-19-6-18-3-8(14(19)22)12(21)5-23-7-20/h1-3,6-7H,4-5H2. The van der Waals surface area contributed by atoms with Gasteiger partial charge in [0, 0.05) is 11.8 Å². The van der Waals surface area contributed by atoms with Crippen LogP contribution >= 0.6 is 11.6 Å². The van der Waals surface area contributed by atoms with Gasteiger partial charge >= 0.3 is 0 Å². The highest BCUT2D eigenvalue weighted by atomic mass is 35.5. The molecule has 0 N–H and O–H groups in total. The summed E-state index contributed by atoms with van der Waals surface area (Å²) < 4.78 is 32.3. The van der Waals surface area contributed by atoms with Crippen molar-refractivity contribution in [2.24, 2.45) is 0 Å². The van der Waals surface area contributed by atoms with Crippen LogP contribution in [-0.2, 0) is 16.1 Å². The molecule has 2 aromatic rings. The monoisotopic (exact) mass is 342 g/mol. The molecule has 0 aliphatic heterocycles. The van der Waals surface area contributed by atoms with E-state index in [1.807, 2.05) is 0 Å². The van der Waals surface area contributed by atoms with Crippen LogP contribution in [0, 0.1) is 11.6 Å². The summed E-state index contributed by atoms with van der Waals surface area (Å²) in [6.07, 6.45) is 2.05. The third-order valence-electron chi connectivity index (χ3n) is 2.95. The van der Waals surface area contributed by atoms with Gasteiger partial charge in [-0.15, -0.1) is 0 Å². The van der Waals surface area contributed by atoms with E-state index >= 15 is 0 Å². The molecule has 1 aromatic carbocycles. The SMILES string of the molecule is O=COCC(=O)c1cncn(Cc2c(F)ccc(F)c2Cl)c1=O. The highest BCUT2D eigenvalue weighted by Gasteiger charge is 2.17. The number of aromatic nitrogens is 2. The zero-order valence-corrected chi connectivity index (χ0v) is 12.2. The van der Waals surface area contributed by atoms with E-state index in [0.29, 0.717) is 0 Å². The average Bonchev–Trinajstić information content (AvgIpc) is 2.54. The van der Waals surface area contributed by atoms with Gasteiger partial charge in [0.25, 0.3) is 12.0 Å². The first-order valence-electron chi connectivity index (χ1n) is 6.21. The first-order chi connectivity index (χ1) is 11.0. The maximum atomic E-state index is 13.8. The smallest absolute Gasteiger partial charge is 0.293 e. The van der Waals surface area contributed by atoms with Gasteiger partial charge in [-0.3, -0.25) is 19.0 Å². The predicted octanol–water partition coefficient (Wildman–Crippen LogP) is 1.58. The van der Waals surface area contributed by atoms with Crippen molar-refractivity contribution in [3.05, 3.63) is 62.8 Å². The van der Waals surface area contributed by atoms with Gasteiger partial charge < -0.3 is 4.74 Å². The third kappa shape index (κ3) is 3.59. The Balaban J connectivity index is 2.39. The molecule has 120 valence electrons. The molecule has 0 radical (unpaired) electrons. The van der Waals surface area contributed by atoms with Gasteiger partial charge in [-0.25, -0.2) is 13.8 Å². The molecular weight excluding hydrogens is 334 g/mol. The molecule has 0 fully saturated rings. The largest absolute Gasteiger partial charge is 0.459 e. The van der Waals surface area contributed by atoms with Crippen LogP contribution in [0.25, 0.3) is 0 Å². The van der Waals surface area contributed by atoms with Crippen molar-refractivity contribution in [3.8, 4) is 0 Å². The number of rotatable bonds is 6. The molecular formula is C14H9ClF2N2O4. The van der Waals surface area contributed by atoms with E-state index in [4.69, 9.17) is 11.6 Å². The summed E-state index contributed by atoms with van der Waals surface area (Å²) in [6, 6.07) is 1.74. The van der Waals surface area contributed by atoms with Crippen molar-refractivity contribution in [2.75, 3.05) is 6.61 Å². The van der Waals surface area contributed by atoms with E-state index in [2.05, 4.69) is 9.72 Å². The Morgan fingerprint density at radius 2 is 2.04 bits per heavy atom. The second-order valence-corrected chi connectivity index (χ2v) is 4.77. The first kappa shape index (κ1) is 16.8. The van der Waals surface area contributed by atoms with Crippen molar-refractivity contribution in [1.29, 1.82) is 0 Å². The summed E-state index contributed by atoms with van der Waals surface area (Å²) in [7, 11) is 0. The molecule has 23 heavy (non-hydrogen) atoms. The first-order valence-corrected chi connectivity index (χ1v) is 6.58. The fraction of sp³-hybridized carbons (Fsp3) is 0.143. The minimum Gasteiger partial charge on any atom is -0.459 e. The van der Waals surface area contributed by atoms with Gasteiger partial charge in [-0.2, -0.15) is 0 Å². The van der Waals surface area contributed by atoms with Gasteiger partial charge in [0.1, 0.15) is 17.2 Å². The van der Waals surface area contributed by atoms with Gasteiger partial charge in [0.2, 0.25) is 5.78 Å². The van der Waals surface area contributed by atoms with Gasteiger partial charge in [-0.1, -0.05) is 11.6 Å². The molecule has 0 aliphatic rings. The molecule has 0 bridgehead atoms. The second-order valence-electron chi connectivity index (χ2n) is 4.39. The highest BCUT2D eigenvalue weighted by Crippen LogP contribution is 2.23. The summed E-state index contributed by atoms with van der Waals surface area (Å²) in [5.74, 6) is -2.41. The molecule has 0 atom stereocenters. The molecule has 1 heterocycles. The highest BCUT2D eigenvalue weighted by molar-refractivity contribution is 6.31. The normalized spacial score (nSPS) is 10.4. The number of hydrogen-bond acceptors (Lipinski definition) is 5. The Morgan fingerprint density at radius 1 is 1.35 bits per heavy atom.